The Morgan fingerprint density at radius 2 is 1.52 bits per heavy atom. The maximum Gasteiger partial charge on any atom is 0.267 e. The van der Waals surface area contributed by atoms with Gasteiger partial charge in [-0.15, -0.1) is 0 Å². The Bertz CT molecular complexity index is 2370. The lowest BCUT2D eigenvalue weighted by molar-refractivity contribution is -0.0555. The van der Waals surface area contributed by atoms with Crippen molar-refractivity contribution in [2.24, 2.45) is 5.41 Å². The molecular formula is C37H38F5N7O4S3. The van der Waals surface area contributed by atoms with Crippen LogP contribution in [0.15, 0.2) is 53.6 Å². The second-order valence-corrected chi connectivity index (χ2v) is 20.5. The minimum Gasteiger partial charge on any atom is -0.351 e. The summed E-state index contributed by atoms with van der Waals surface area (Å²) in [4.78, 5) is 17.9. The highest BCUT2D eigenvalue weighted by atomic mass is 32.2. The van der Waals surface area contributed by atoms with Crippen LogP contribution in [0, 0.1) is 22.9 Å². The Morgan fingerprint density at radius 1 is 0.857 bits per heavy atom. The fourth-order valence-corrected chi connectivity index (χ4v) is 14.0. The van der Waals surface area contributed by atoms with Crippen LogP contribution in [0.4, 0.5) is 38.7 Å². The van der Waals surface area contributed by atoms with Crippen LogP contribution < -0.4 is 14.9 Å². The summed E-state index contributed by atoms with van der Waals surface area (Å²) >= 11 is 1.29. The number of aromatic nitrogens is 3. The highest BCUT2D eigenvalue weighted by molar-refractivity contribution is 7.93. The van der Waals surface area contributed by atoms with Crippen LogP contribution >= 0.6 is 11.3 Å². The van der Waals surface area contributed by atoms with E-state index in [1.54, 1.807) is 12.3 Å². The fourth-order valence-electron chi connectivity index (χ4n) is 9.39. The van der Waals surface area contributed by atoms with E-state index in [9.17, 15) is 34.4 Å². The van der Waals surface area contributed by atoms with Gasteiger partial charge in [-0.1, -0.05) is 23.5 Å². The third kappa shape index (κ3) is 6.91. The standard InChI is InChI=1S/C37H38F5N7O4S3/c38-26-4-2-5-27(39)33(26)56(52,53)47-28-6-1-3-25(30(28)40)31-32(29-11-14-43-34(45-29)44-21-15-36(16-21)19-55(50,51)20-36)54-35(46-31)49-23-7-8-24(49)18-48(17-23)22-9-12-37(41,42)13-10-22/h1-6,11,14,21-24,47H,7-10,12-13,15-20H2,(H,43,44,45). The van der Waals surface area contributed by atoms with E-state index >= 15 is 4.39 Å². The van der Waals surface area contributed by atoms with Gasteiger partial charge in [0.15, 0.2) is 25.7 Å². The molecule has 4 aromatic rings. The number of piperazine rings is 1. The molecule has 56 heavy (non-hydrogen) atoms. The number of alkyl halides is 2. The Morgan fingerprint density at radius 3 is 2.18 bits per heavy atom. The van der Waals surface area contributed by atoms with Gasteiger partial charge in [0, 0.05) is 67.3 Å². The minimum atomic E-state index is -4.90. The number of nitrogens with one attached hydrogen (secondary N) is 2. The SMILES string of the molecule is O=S1(=O)CC2(CC(Nc3nccc(-c4sc(N5C6CCC5CN(C5CCC(F)(F)CC5)C6)nc4-c4cccc(NS(=O)(=O)c5c(F)cccc5F)c4F)n3)C2)C1. The van der Waals surface area contributed by atoms with Crippen LogP contribution in [-0.2, 0) is 19.9 Å². The predicted molar refractivity (Wildman–Crippen MR) is 201 cm³/mol. The molecule has 3 saturated heterocycles. The van der Waals surface area contributed by atoms with Crippen molar-refractivity contribution in [2.45, 2.75) is 86.4 Å². The number of thiazole rings is 1. The number of rotatable bonds is 9. The highest BCUT2D eigenvalue weighted by Gasteiger charge is 2.56. The Kier molecular flexibility index (Phi) is 9.13. The van der Waals surface area contributed by atoms with Crippen molar-refractivity contribution in [1.82, 2.24) is 19.9 Å². The number of anilines is 3. The van der Waals surface area contributed by atoms with Crippen LogP contribution in [0.5, 0.6) is 0 Å². The van der Waals surface area contributed by atoms with E-state index in [4.69, 9.17) is 9.97 Å². The lowest BCUT2D eigenvalue weighted by atomic mass is 9.67. The molecule has 0 radical (unpaired) electrons. The first-order valence-corrected chi connectivity index (χ1v) is 22.7. The third-order valence-electron chi connectivity index (χ3n) is 11.9. The smallest absolute Gasteiger partial charge is 0.267 e. The van der Waals surface area contributed by atoms with Crippen molar-refractivity contribution in [3.05, 3.63) is 66.1 Å². The third-order valence-corrected chi connectivity index (χ3v) is 16.5. The van der Waals surface area contributed by atoms with Crippen molar-refractivity contribution in [3.63, 3.8) is 0 Å². The van der Waals surface area contributed by atoms with Crippen molar-refractivity contribution in [2.75, 3.05) is 39.5 Å². The number of sulfone groups is 1. The van der Waals surface area contributed by atoms with Crippen molar-refractivity contribution in [3.8, 4) is 21.8 Å². The van der Waals surface area contributed by atoms with Crippen molar-refractivity contribution in [1.29, 1.82) is 0 Å². The van der Waals surface area contributed by atoms with E-state index in [1.165, 1.54) is 23.5 Å². The van der Waals surface area contributed by atoms with E-state index in [0.29, 0.717) is 60.4 Å². The molecule has 0 amide bonds. The molecule has 2 bridgehead atoms. The molecule has 19 heteroatoms. The Labute approximate surface area is 324 Å². The molecule has 2 atom stereocenters. The summed E-state index contributed by atoms with van der Waals surface area (Å²) in [6.07, 6.45) is 5.23. The average Bonchev–Trinajstić information content (AvgIpc) is 3.65. The summed E-state index contributed by atoms with van der Waals surface area (Å²) in [7, 11) is -7.88. The van der Waals surface area contributed by atoms with Gasteiger partial charge in [-0.05, 0) is 68.9 Å². The molecule has 2 aliphatic carbocycles. The van der Waals surface area contributed by atoms with E-state index < -0.39 is 53.8 Å². The van der Waals surface area contributed by atoms with E-state index in [1.807, 2.05) is 4.72 Å². The minimum absolute atomic E-state index is 0.0269. The number of benzene rings is 2. The zero-order valence-corrected chi connectivity index (χ0v) is 32.3. The maximum absolute atomic E-state index is 16.6. The summed E-state index contributed by atoms with van der Waals surface area (Å²) < 4.78 is 126. The zero-order valence-electron chi connectivity index (χ0n) is 29.9. The van der Waals surface area contributed by atoms with E-state index in [0.717, 1.165) is 37.1 Å². The van der Waals surface area contributed by atoms with Gasteiger partial charge in [0.1, 0.15) is 11.6 Å². The molecule has 2 aromatic carbocycles. The number of hydrogen-bond acceptors (Lipinski definition) is 11. The second kappa shape index (κ2) is 13.6. The number of sulfonamides is 1. The molecule has 2 N–H and O–H groups in total. The van der Waals surface area contributed by atoms with Gasteiger partial charge in [0.05, 0.1) is 33.5 Å². The number of hydrogen-bond donors (Lipinski definition) is 2. The summed E-state index contributed by atoms with van der Waals surface area (Å²) in [5.41, 5.74) is -0.245. The topological polar surface area (TPSA) is 137 Å². The molecule has 3 aliphatic heterocycles. The quantitative estimate of drug-likeness (QED) is 0.175. The monoisotopic (exact) mass is 835 g/mol. The normalized spacial score (nSPS) is 24.5. The van der Waals surface area contributed by atoms with Crippen LogP contribution in [-0.4, -0.2) is 91.4 Å². The fraction of sp³-hybridized carbons (Fsp3) is 0.486. The highest BCUT2D eigenvalue weighted by Crippen LogP contribution is 2.51. The number of nitrogens with zero attached hydrogens (tertiary/aromatic N) is 5. The number of halogens is 5. The average molecular weight is 836 g/mol. The molecule has 2 aromatic heterocycles. The van der Waals surface area contributed by atoms with Crippen molar-refractivity contribution < 1.29 is 38.8 Å². The number of fused-ring (bicyclic) bond motifs is 2. The maximum atomic E-state index is 16.6. The van der Waals surface area contributed by atoms with Crippen molar-refractivity contribution >= 4 is 48.0 Å². The van der Waals surface area contributed by atoms with Gasteiger partial charge in [0.2, 0.25) is 11.9 Å². The Balaban J connectivity index is 1.04. The first-order valence-electron chi connectivity index (χ1n) is 18.5. The van der Waals surface area contributed by atoms with E-state index in [-0.39, 0.29) is 65.2 Å². The molecule has 9 rings (SSSR count). The molecular weight excluding hydrogens is 798 g/mol. The summed E-state index contributed by atoms with van der Waals surface area (Å²) in [5.74, 6) is -5.66. The van der Waals surface area contributed by atoms with Crippen LogP contribution in [0.3, 0.4) is 0 Å². The van der Waals surface area contributed by atoms with Gasteiger partial charge >= 0.3 is 0 Å². The molecule has 5 heterocycles. The summed E-state index contributed by atoms with van der Waals surface area (Å²) in [6, 6.07) is 8.37. The Hall–Kier alpha value is -3.94. The van der Waals surface area contributed by atoms with Gasteiger partial charge in [-0.3, -0.25) is 9.62 Å². The molecule has 298 valence electrons. The van der Waals surface area contributed by atoms with Gasteiger partial charge in [-0.25, -0.2) is 53.7 Å². The molecule has 2 saturated carbocycles. The molecule has 2 unspecified atom stereocenters. The number of likely N-dealkylation sites (tertiary alicyclic amines) is 1. The first-order chi connectivity index (χ1) is 26.6. The van der Waals surface area contributed by atoms with Crippen LogP contribution in [0.1, 0.15) is 51.4 Å². The lowest BCUT2D eigenvalue weighted by Crippen LogP contribution is -2.60. The van der Waals surface area contributed by atoms with E-state index in [2.05, 4.69) is 20.1 Å². The summed E-state index contributed by atoms with van der Waals surface area (Å²) in [5, 5.41) is 3.89. The van der Waals surface area contributed by atoms with Gasteiger partial charge in [0.25, 0.3) is 10.0 Å². The molecule has 11 nitrogen and oxygen atoms in total. The predicted octanol–water partition coefficient (Wildman–Crippen LogP) is 6.71. The molecule has 5 aliphatic rings. The molecule has 5 fully saturated rings. The zero-order chi connectivity index (χ0) is 39.2. The van der Waals surface area contributed by atoms with Gasteiger partial charge in [-0.2, -0.15) is 0 Å². The first kappa shape index (κ1) is 37.6. The lowest BCUT2D eigenvalue weighted by Gasteiger charge is -2.53. The van der Waals surface area contributed by atoms with Crippen LogP contribution in [0.2, 0.25) is 0 Å². The summed E-state index contributed by atoms with van der Waals surface area (Å²) in [6.45, 7) is 1.34. The molecule has 1 spiro atoms. The van der Waals surface area contributed by atoms with Gasteiger partial charge < -0.3 is 10.2 Å². The second-order valence-electron chi connectivity index (χ2n) is 15.9. The van der Waals surface area contributed by atoms with Crippen LogP contribution in [0.25, 0.3) is 21.8 Å². The largest absolute Gasteiger partial charge is 0.351 e.